The smallest absolute Gasteiger partial charge is 0.254 e. The number of nitrogens with zero attached hydrogens (tertiary/aromatic N) is 2. The van der Waals surface area contributed by atoms with E-state index in [2.05, 4.69) is 4.98 Å². The highest BCUT2D eigenvalue weighted by molar-refractivity contribution is 5.94. The third kappa shape index (κ3) is 3.01. The molecule has 0 unspecified atom stereocenters. The summed E-state index contributed by atoms with van der Waals surface area (Å²) in [6, 6.07) is 3.27. The monoisotopic (exact) mass is 263 g/mol. The minimum Gasteiger partial charge on any atom is -0.481 e. The van der Waals surface area contributed by atoms with Crippen LogP contribution in [0.5, 0.6) is 5.88 Å². The molecule has 6 nitrogen and oxygen atoms in total. The summed E-state index contributed by atoms with van der Waals surface area (Å²) in [5, 5.41) is 0. The molecule has 0 bridgehead atoms. The van der Waals surface area contributed by atoms with Gasteiger partial charge in [-0.2, -0.15) is 0 Å². The third-order valence-corrected chi connectivity index (χ3v) is 3.38. The Bertz CT molecular complexity index is 482. The Morgan fingerprint density at radius 2 is 2.11 bits per heavy atom. The van der Waals surface area contributed by atoms with Gasteiger partial charge in [0.2, 0.25) is 11.8 Å². The molecule has 102 valence electrons. The zero-order valence-electron chi connectivity index (χ0n) is 10.8. The zero-order valence-corrected chi connectivity index (χ0v) is 10.8. The Kier molecular flexibility index (Phi) is 3.99. The van der Waals surface area contributed by atoms with Crippen molar-refractivity contribution in [1.82, 2.24) is 9.88 Å². The Labute approximate surface area is 111 Å². The van der Waals surface area contributed by atoms with E-state index in [4.69, 9.17) is 10.5 Å². The normalized spacial score (nSPS) is 16.2. The Morgan fingerprint density at radius 3 is 2.68 bits per heavy atom. The standard InChI is InChI=1S/C13H17N3O3/c1-19-11-8-10(2-5-15-11)13(18)16-6-3-9(4-7-16)12(14)17/h2,5,8-9H,3-4,6-7H2,1H3,(H2,14,17). The first-order valence-corrected chi connectivity index (χ1v) is 6.20. The van der Waals surface area contributed by atoms with Crippen LogP contribution in [0.3, 0.4) is 0 Å². The zero-order chi connectivity index (χ0) is 13.8. The predicted molar refractivity (Wildman–Crippen MR) is 68.6 cm³/mol. The van der Waals surface area contributed by atoms with Gasteiger partial charge in [-0.25, -0.2) is 4.98 Å². The fraction of sp³-hybridized carbons (Fsp3) is 0.462. The molecule has 1 aromatic rings. The van der Waals surface area contributed by atoms with Crippen LogP contribution in [0.2, 0.25) is 0 Å². The fourth-order valence-corrected chi connectivity index (χ4v) is 2.20. The summed E-state index contributed by atoms with van der Waals surface area (Å²) in [6.45, 7) is 1.11. The first kappa shape index (κ1) is 13.3. The van der Waals surface area contributed by atoms with Gasteiger partial charge in [-0.05, 0) is 18.9 Å². The number of pyridine rings is 1. The van der Waals surface area contributed by atoms with Gasteiger partial charge in [-0.3, -0.25) is 9.59 Å². The highest BCUT2D eigenvalue weighted by Crippen LogP contribution is 2.19. The van der Waals surface area contributed by atoms with E-state index in [0.29, 0.717) is 37.4 Å². The highest BCUT2D eigenvalue weighted by Gasteiger charge is 2.26. The molecule has 1 aliphatic heterocycles. The van der Waals surface area contributed by atoms with Crippen molar-refractivity contribution in [3.63, 3.8) is 0 Å². The minimum atomic E-state index is -0.280. The molecule has 6 heteroatoms. The van der Waals surface area contributed by atoms with Crippen molar-refractivity contribution in [2.75, 3.05) is 20.2 Å². The van der Waals surface area contributed by atoms with Gasteiger partial charge in [0.15, 0.2) is 0 Å². The molecule has 1 fully saturated rings. The van der Waals surface area contributed by atoms with Crippen molar-refractivity contribution < 1.29 is 14.3 Å². The van der Waals surface area contributed by atoms with Crippen LogP contribution in [0.15, 0.2) is 18.3 Å². The number of rotatable bonds is 3. The van der Waals surface area contributed by atoms with E-state index >= 15 is 0 Å². The molecule has 0 aliphatic carbocycles. The van der Waals surface area contributed by atoms with Gasteiger partial charge in [-0.15, -0.1) is 0 Å². The first-order valence-electron chi connectivity index (χ1n) is 6.20. The second kappa shape index (κ2) is 5.69. The van der Waals surface area contributed by atoms with E-state index in [1.807, 2.05) is 0 Å². The maximum absolute atomic E-state index is 12.3. The Hall–Kier alpha value is -2.11. The van der Waals surface area contributed by atoms with Crippen molar-refractivity contribution in [2.45, 2.75) is 12.8 Å². The predicted octanol–water partition coefficient (Wildman–Crippen LogP) is 0.428. The lowest BCUT2D eigenvalue weighted by Gasteiger charge is -2.30. The van der Waals surface area contributed by atoms with Crippen molar-refractivity contribution >= 4 is 11.8 Å². The maximum Gasteiger partial charge on any atom is 0.254 e. The van der Waals surface area contributed by atoms with Gasteiger partial charge in [0.1, 0.15) is 0 Å². The van der Waals surface area contributed by atoms with E-state index in [-0.39, 0.29) is 17.7 Å². The van der Waals surface area contributed by atoms with E-state index in [0.717, 1.165) is 0 Å². The largest absolute Gasteiger partial charge is 0.481 e. The Morgan fingerprint density at radius 1 is 1.42 bits per heavy atom. The number of methoxy groups -OCH3 is 1. The second-order valence-electron chi connectivity index (χ2n) is 4.56. The van der Waals surface area contributed by atoms with Gasteiger partial charge >= 0.3 is 0 Å². The number of nitrogens with two attached hydrogens (primary N) is 1. The van der Waals surface area contributed by atoms with Crippen LogP contribution in [0.1, 0.15) is 23.2 Å². The number of piperidine rings is 1. The summed E-state index contributed by atoms with van der Waals surface area (Å²) in [5.74, 6) is -0.0461. The lowest BCUT2D eigenvalue weighted by molar-refractivity contribution is -0.123. The van der Waals surface area contributed by atoms with Crippen molar-refractivity contribution in [3.05, 3.63) is 23.9 Å². The number of carbonyl (C=O) groups excluding carboxylic acids is 2. The molecule has 1 aromatic heterocycles. The number of ether oxygens (including phenoxy) is 1. The summed E-state index contributed by atoms with van der Waals surface area (Å²) in [7, 11) is 1.51. The van der Waals surface area contributed by atoms with Crippen LogP contribution in [0.4, 0.5) is 0 Å². The van der Waals surface area contributed by atoms with E-state index in [1.165, 1.54) is 7.11 Å². The molecule has 2 amide bonds. The molecule has 1 aliphatic rings. The number of hydrogen-bond donors (Lipinski definition) is 1. The van der Waals surface area contributed by atoms with Crippen LogP contribution in [0, 0.1) is 5.92 Å². The SMILES string of the molecule is COc1cc(C(=O)N2CCC(C(N)=O)CC2)ccn1. The number of primary amides is 1. The molecule has 2 heterocycles. The second-order valence-corrected chi connectivity index (χ2v) is 4.56. The van der Waals surface area contributed by atoms with Crippen LogP contribution < -0.4 is 10.5 Å². The molecule has 2 rings (SSSR count). The van der Waals surface area contributed by atoms with E-state index in [1.54, 1.807) is 23.2 Å². The number of carbonyl (C=O) groups is 2. The average molecular weight is 263 g/mol. The summed E-state index contributed by atoms with van der Waals surface area (Å²) < 4.78 is 5.00. The number of amides is 2. The molecule has 0 atom stereocenters. The van der Waals surface area contributed by atoms with Crippen LogP contribution >= 0.6 is 0 Å². The van der Waals surface area contributed by atoms with Crippen LogP contribution in [0.25, 0.3) is 0 Å². The number of hydrogen-bond acceptors (Lipinski definition) is 4. The fourth-order valence-electron chi connectivity index (χ4n) is 2.20. The minimum absolute atomic E-state index is 0.0661. The van der Waals surface area contributed by atoms with Crippen LogP contribution in [-0.4, -0.2) is 41.9 Å². The number of likely N-dealkylation sites (tertiary alicyclic amines) is 1. The molecule has 0 aromatic carbocycles. The summed E-state index contributed by atoms with van der Waals surface area (Å²) in [6.07, 6.45) is 2.80. The van der Waals surface area contributed by atoms with Crippen molar-refractivity contribution in [2.24, 2.45) is 11.7 Å². The molecule has 19 heavy (non-hydrogen) atoms. The molecule has 1 saturated heterocycles. The third-order valence-electron chi connectivity index (χ3n) is 3.38. The molecule has 0 radical (unpaired) electrons. The van der Waals surface area contributed by atoms with Gasteiger partial charge in [-0.1, -0.05) is 0 Å². The van der Waals surface area contributed by atoms with Crippen molar-refractivity contribution in [1.29, 1.82) is 0 Å². The Balaban J connectivity index is 2.02. The molecule has 0 saturated carbocycles. The lowest BCUT2D eigenvalue weighted by Crippen LogP contribution is -2.41. The van der Waals surface area contributed by atoms with Gasteiger partial charge in [0.05, 0.1) is 7.11 Å². The lowest BCUT2D eigenvalue weighted by atomic mass is 9.96. The topological polar surface area (TPSA) is 85.5 Å². The van der Waals surface area contributed by atoms with E-state index in [9.17, 15) is 9.59 Å². The summed E-state index contributed by atoms with van der Waals surface area (Å²) in [4.78, 5) is 29.0. The first-order chi connectivity index (χ1) is 9.11. The quantitative estimate of drug-likeness (QED) is 0.856. The van der Waals surface area contributed by atoms with Crippen molar-refractivity contribution in [3.8, 4) is 5.88 Å². The van der Waals surface area contributed by atoms with Gasteiger partial charge < -0.3 is 15.4 Å². The average Bonchev–Trinajstić information content (AvgIpc) is 2.46. The molecule has 2 N–H and O–H groups in total. The highest BCUT2D eigenvalue weighted by atomic mass is 16.5. The molecular formula is C13H17N3O3. The number of aromatic nitrogens is 1. The summed E-state index contributed by atoms with van der Waals surface area (Å²) >= 11 is 0. The summed E-state index contributed by atoms with van der Waals surface area (Å²) in [5.41, 5.74) is 5.82. The van der Waals surface area contributed by atoms with Crippen LogP contribution in [-0.2, 0) is 4.79 Å². The van der Waals surface area contributed by atoms with Gasteiger partial charge in [0, 0.05) is 36.8 Å². The van der Waals surface area contributed by atoms with Gasteiger partial charge in [0.25, 0.3) is 5.91 Å². The molecule has 0 spiro atoms. The maximum atomic E-state index is 12.3. The molecular weight excluding hydrogens is 246 g/mol. The van der Waals surface area contributed by atoms with E-state index < -0.39 is 0 Å².